The molecule has 0 atom stereocenters. The minimum Gasteiger partial charge on any atom is -0.384 e. The summed E-state index contributed by atoms with van der Waals surface area (Å²) in [4.78, 5) is 19.7. The summed E-state index contributed by atoms with van der Waals surface area (Å²) in [6.45, 7) is 4.98. The molecule has 0 spiro atoms. The number of hydrogen-bond donors (Lipinski definition) is 2. The zero-order chi connectivity index (χ0) is 21.5. The van der Waals surface area contributed by atoms with Crippen molar-refractivity contribution in [1.82, 2.24) is 19.6 Å². The van der Waals surface area contributed by atoms with Crippen LogP contribution in [0.4, 0.5) is 17.1 Å². The van der Waals surface area contributed by atoms with Gasteiger partial charge in [0.1, 0.15) is 5.69 Å². The van der Waals surface area contributed by atoms with Gasteiger partial charge in [0.05, 0.1) is 29.0 Å². The van der Waals surface area contributed by atoms with E-state index in [1.807, 2.05) is 20.3 Å². The lowest BCUT2D eigenvalue weighted by atomic mass is 10.2. The van der Waals surface area contributed by atoms with Crippen LogP contribution in [0.5, 0.6) is 0 Å². The lowest BCUT2D eigenvalue weighted by Gasteiger charge is -2.19. The van der Waals surface area contributed by atoms with Crippen molar-refractivity contribution in [1.29, 1.82) is 0 Å². The van der Waals surface area contributed by atoms with Gasteiger partial charge in [-0.05, 0) is 18.9 Å². The Morgan fingerprint density at radius 2 is 1.47 bits per heavy atom. The van der Waals surface area contributed by atoms with Gasteiger partial charge in [0, 0.05) is 71.1 Å². The van der Waals surface area contributed by atoms with Gasteiger partial charge in [0.25, 0.3) is 5.69 Å². The van der Waals surface area contributed by atoms with Gasteiger partial charge in [-0.1, -0.05) is 11.6 Å². The summed E-state index contributed by atoms with van der Waals surface area (Å²) in [5.41, 5.74) is 1.20. The summed E-state index contributed by atoms with van der Waals surface area (Å²) < 4.78 is 0. The lowest BCUT2D eigenvalue weighted by molar-refractivity contribution is -0.383. The number of nitro benzene ring substituents is 1. The van der Waals surface area contributed by atoms with Gasteiger partial charge in [0.15, 0.2) is 0 Å². The van der Waals surface area contributed by atoms with E-state index < -0.39 is 4.92 Å². The molecule has 0 amide bonds. The van der Waals surface area contributed by atoms with Crippen LogP contribution >= 0.6 is 11.6 Å². The summed E-state index contributed by atoms with van der Waals surface area (Å²) in [7, 11) is 4.07. The van der Waals surface area contributed by atoms with E-state index in [4.69, 9.17) is 11.6 Å². The fourth-order valence-electron chi connectivity index (χ4n) is 3.47. The second-order valence-electron chi connectivity index (χ2n) is 7.68. The molecule has 2 aliphatic heterocycles. The Balaban J connectivity index is 1.50. The fraction of sp³-hybridized carbons (Fsp3) is 0.500. The smallest absolute Gasteiger partial charge is 0.293 e. The molecule has 0 fully saturated rings. The van der Waals surface area contributed by atoms with E-state index in [-0.39, 0.29) is 5.69 Å². The van der Waals surface area contributed by atoms with Gasteiger partial charge in [-0.3, -0.25) is 10.1 Å². The molecule has 2 heterocycles. The molecule has 0 aliphatic carbocycles. The average Bonchev–Trinajstić information content (AvgIpc) is 3.31. The molecule has 1 aromatic rings. The second kappa shape index (κ2) is 10.3. The molecule has 9 nitrogen and oxygen atoms in total. The number of anilines is 2. The molecule has 0 radical (unpaired) electrons. The van der Waals surface area contributed by atoms with Crippen LogP contribution in [0.25, 0.3) is 0 Å². The SMILES string of the molecule is CN1C=CN(CCCNc2cc(NCCCN3C=CN(C)C3)c([N+](=O)[O-])cc2Cl)C1. The maximum Gasteiger partial charge on any atom is 0.293 e. The van der Waals surface area contributed by atoms with Crippen molar-refractivity contribution in [3.63, 3.8) is 0 Å². The Kier molecular flexibility index (Phi) is 7.51. The number of nitrogens with one attached hydrogen (secondary N) is 2. The topological polar surface area (TPSA) is 80.2 Å². The van der Waals surface area contributed by atoms with Crippen molar-refractivity contribution in [3.05, 3.63) is 52.1 Å². The molecule has 2 aliphatic rings. The quantitative estimate of drug-likeness (QED) is 0.311. The lowest BCUT2D eigenvalue weighted by Crippen LogP contribution is -2.24. The molecule has 2 N–H and O–H groups in total. The third-order valence-corrected chi connectivity index (χ3v) is 5.34. The number of benzene rings is 1. The van der Waals surface area contributed by atoms with E-state index in [0.717, 1.165) is 45.8 Å². The molecule has 0 unspecified atom stereocenters. The fourth-order valence-corrected chi connectivity index (χ4v) is 3.69. The highest BCUT2D eigenvalue weighted by atomic mass is 35.5. The summed E-state index contributed by atoms with van der Waals surface area (Å²) in [5.74, 6) is 0. The van der Waals surface area contributed by atoms with Crippen molar-refractivity contribution in [2.45, 2.75) is 12.8 Å². The van der Waals surface area contributed by atoms with E-state index in [1.165, 1.54) is 6.07 Å². The van der Waals surface area contributed by atoms with E-state index in [1.54, 1.807) is 6.07 Å². The number of halogens is 1. The second-order valence-corrected chi connectivity index (χ2v) is 8.09. The van der Waals surface area contributed by atoms with Crippen LogP contribution in [-0.4, -0.2) is 78.1 Å². The summed E-state index contributed by atoms with van der Waals surface area (Å²) in [6.07, 6.45) is 10.0. The van der Waals surface area contributed by atoms with Crippen LogP contribution in [0, 0.1) is 10.1 Å². The van der Waals surface area contributed by atoms with E-state index in [2.05, 4.69) is 48.8 Å². The maximum atomic E-state index is 11.4. The monoisotopic (exact) mass is 435 g/mol. The van der Waals surface area contributed by atoms with Crippen molar-refractivity contribution in [2.75, 3.05) is 64.2 Å². The number of hydrogen-bond acceptors (Lipinski definition) is 8. The van der Waals surface area contributed by atoms with Crippen molar-refractivity contribution in [3.8, 4) is 0 Å². The first-order chi connectivity index (χ1) is 14.4. The largest absolute Gasteiger partial charge is 0.384 e. The minimum absolute atomic E-state index is 0.00315. The standard InChI is InChI=1S/C20H30ClN7O2/c1-24-9-11-26(15-24)7-3-5-22-18-14-19(20(28(29)30)13-17(18)21)23-6-4-8-27-12-10-25(2)16-27/h9-14,22-23H,3-8,15-16H2,1-2H3. The van der Waals surface area contributed by atoms with E-state index in [0.29, 0.717) is 22.9 Å². The molecular formula is C20H30ClN7O2. The predicted molar refractivity (Wildman–Crippen MR) is 121 cm³/mol. The zero-order valence-electron chi connectivity index (χ0n) is 17.6. The first-order valence-corrected chi connectivity index (χ1v) is 10.5. The Bertz CT molecular complexity index is 802. The zero-order valence-corrected chi connectivity index (χ0v) is 18.3. The van der Waals surface area contributed by atoms with E-state index in [9.17, 15) is 10.1 Å². The molecule has 0 aromatic heterocycles. The first-order valence-electron chi connectivity index (χ1n) is 10.1. The van der Waals surface area contributed by atoms with Crippen molar-refractivity contribution < 1.29 is 4.92 Å². The first kappa shape index (κ1) is 21.9. The minimum atomic E-state index is -0.396. The van der Waals surface area contributed by atoms with Crippen LogP contribution in [0.3, 0.4) is 0 Å². The highest BCUT2D eigenvalue weighted by molar-refractivity contribution is 6.33. The van der Waals surface area contributed by atoms with Gasteiger partial charge in [0.2, 0.25) is 0 Å². The van der Waals surface area contributed by atoms with Gasteiger partial charge in [-0.25, -0.2) is 0 Å². The Hall–Kier alpha value is -2.81. The van der Waals surface area contributed by atoms with Gasteiger partial charge < -0.3 is 30.2 Å². The molecular weight excluding hydrogens is 406 g/mol. The molecule has 3 rings (SSSR count). The summed E-state index contributed by atoms with van der Waals surface area (Å²) >= 11 is 6.29. The molecule has 164 valence electrons. The average molecular weight is 436 g/mol. The number of nitrogens with zero attached hydrogens (tertiary/aromatic N) is 5. The Labute approximate surface area is 182 Å². The normalized spacial score (nSPS) is 15.4. The summed E-state index contributed by atoms with van der Waals surface area (Å²) in [5, 5.41) is 18.3. The van der Waals surface area contributed by atoms with Gasteiger partial charge in [-0.2, -0.15) is 0 Å². The van der Waals surface area contributed by atoms with Crippen LogP contribution in [-0.2, 0) is 0 Å². The Morgan fingerprint density at radius 1 is 0.933 bits per heavy atom. The number of nitro groups is 1. The highest BCUT2D eigenvalue weighted by Gasteiger charge is 2.18. The highest BCUT2D eigenvalue weighted by Crippen LogP contribution is 2.34. The molecule has 10 heteroatoms. The maximum absolute atomic E-state index is 11.4. The molecule has 0 saturated carbocycles. The van der Waals surface area contributed by atoms with Crippen molar-refractivity contribution >= 4 is 28.7 Å². The van der Waals surface area contributed by atoms with Crippen LogP contribution in [0.1, 0.15) is 12.8 Å². The summed E-state index contributed by atoms with van der Waals surface area (Å²) in [6, 6.07) is 3.16. The van der Waals surface area contributed by atoms with E-state index >= 15 is 0 Å². The van der Waals surface area contributed by atoms with Gasteiger partial charge in [-0.15, -0.1) is 0 Å². The predicted octanol–water partition coefficient (Wildman–Crippen LogP) is 3.20. The van der Waals surface area contributed by atoms with Crippen LogP contribution < -0.4 is 10.6 Å². The molecule has 1 aromatic carbocycles. The third-order valence-electron chi connectivity index (χ3n) is 5.03. The molecule has 30 heavy (non-hydrogen) atoms. The van der Waals surface area contributed by atoms with Crippen molar-refractivity contribution in [2.24, 2.45) is 0 Å². The third kappa shape index (κ3) is 6.09. The molecule has 0 bridgehead atoms. The molecule has 0 saturated heterocycles. The van der Waals surface area contributed by atoms with Gasteiger partial charge >= 0.3 is 0 Å². The number of rotatable bonds is 11. The Morgan fingerprint density at radius 3 is 1.93 bits per heavy atom. The van der Waals surface area contributed by atoms with Crippen LogP contribution in [0.2, 0.25) is 5.02 Å². The van der Waals surface area contributed by atoms with Crippen LogP contribution in [0.15, 0.2) is 36.9 Å².